The summed E-state index contributed by atoms with van der Waals surface area (Å²) in [4.78, 5) is 3.58. The van der Waals surface area contributed by atoms with Gasteiger partial charge in [-0.3, -0.25) is 0 Å². The van der Waals surface area contributed by atoms with Crippen molar-refractivity contribution < 1.29 is 0 Å². The highest BCUT2D eigenvalue weighted by Crippen LogP contribution is 2.29. The van der Waals surface area contributed by atoms with Crippen LogP contribution in [0.25, 0.3) is 21.8 Å². The van der Waals surface area contributed by atoms with Crippen LogP contribution in [0.3, 0.4) is 0 Å². The molecule has 0 fully saturated rings. The summed E-state index contributed by atoms with van der Waals surface area (Å²) < 4.78 is 0.537. The van der Waals surface area contributed by atoms with E-state index in [4.69, 9.17) is 0 Å². The van der Waals surface area contributed by atoms with Gasteiger partial charge < -0.3 is 4.98 Å². The largest absolute Gasteiger partial charge is 0.354 e. The third kappa shape index (κ3) is 2.80. The number of hydrogen-bond acceptors (Lipinski definition) is 0. The van der Waals surface area contributed by atoms with Gasteiger partial charge in [0.25, 0.3) is 0 Å². The molecule has 3 aromatic rings. The molecule has 2 unspecified atom stereocenters. The van der Waals surface area contributed by atoms with Gasteiger partial charge in [-0.05, 0) is 25.0 Å². The van der Waals surface area contributed by atoms with Crippen molar-refractivity contribution in [3.8, 4) is 11.8 Å². The van der Waals surface area contributed by atoms with Crippen molar-refractivity contribution in [1.82, 2.24) is 4.98 Å². The number of fused-ring (bicyclic) bond motifs is 3. The maximum Gasteiger partial charge on any atom is 0.0497 e. The minimum atomic E-state index is 0.396. The number of H-pyrrole nitrogens is 1. The standard InChI is InChI=1S/C19H18IN/c1-3-7-14(13(2)20)12-15-8-6-10-17-16-9-4-5-11-18(16)21-19(15)17/h4-6,8-11,13-14,21H,12H2,1-2H3. The summed E-state index contributed by atoms with van der Waals surface area (Å²) >= 11 is 2.48. The first-order valence-corrected chi connectivity index (χ1v) is 8.50. The van der Waals surface area contributed by atoms with Crippen molar-refractivity contribution in [2.24, 2.45) is 5.92 Å². The third-order valence-electron chi connectivity index (χ3n) is 3.95. The predicted molar refractivity (Wildman–Crippen MR) is 99.9 cm³/mol. The Morgan fingerprint density at radius 1 is 1.10 bits per heavy atom. The molecular weight excluding hydrogens is 369 g/mol. The average molecular weight is 387 g/mol. The molecule has 0 saturated heterocycles. The van der Waals surface area contributed by atoms with Crippen LogP contribution in [-0.2, 0) is 6.42 Å². The first-order valence-electron chi connectivity index (χ1n) is 7.25. The molecular formula is C19H18IN. The highest BCUT2D eigenvalue weighted by atomic mass is 127. The van der Waals surface area contributed by atoms with Crippen molar-refractivity contribution in [2.45, 2.75) is 24.2 Å². The highest BCUT2D eigenvalue weighted by molar-refractivity contribution is 14.1. The van der Waals surface area contributed by atoms with Crippen molar-refractivity contribution >= 4 is 44.4 Å². The van der Waals surface area contributed by atoms with Gasteiger partial charge in [0.05, 0.1) is 0 Å². The van der Waals surface area contributed by atoms with Crippen molar-refractivity contribution in [3.63, 3.8) is 0 Å². The molecule has 1 nitrogen and oxygen atoms in total. The fourth-order valence-corrected chi connectivity index (χ4v) is 3.29. The minimum Gasteiger partial charge on any atom is -0.354 e. The zero-order valence-corrected chi connectivity index (χ0v) is 14.4. The molecule has 1 aromatic heterocycles. The third-order valence-corrected chi connectivity index (χ3v) is 4.82. The van der Waals surface area contributed by atoms with Gasteiger partial charge in [0.1, 0.15) is 0 Å². The van der Waals surface area contributed by atoms with E-state index < -0.39 is 0 Å². The molecule has 0 spiro atoms. The van der Waals surface area contributed by atoms with Crippen LogP contribution in [0.2, 0.25) is 0 Å². The molecule has 0 saturated carbocycles. The number of benzene rings is 2. The Hall–Kier alpha value is -1.47. The molecule has 0 aliphatic heterocycles. The number of aromatic nitrogens is 1. The summed E-state index contributed by atoms with van der Waals surface area (Å²) in [6.45, 7) is 4.16. The molecule has 1 heterocycles. The second kappa shape index (κ2) is 6.11. The van der Waals surface area contributed by atoms with E-state index in [9.17, 15) is 0 Å². The quantitative estimate of drug-likeness (QED) is 0.355. The predicted octanol–water partition coefficient (Wildman–Crippen LogP) is 5.33. The van der Waals surface area contributed by atoms with Crippen LogP contribution in [0.4, 0.5) is 0 Å². The van der Waals surface area contributed by atoms with Gasteiger partial charge >= 0.3 is 0 Å². The molecule has 3 rings (SSSR count). The molecule has 0 amide bonds. The van der Waals surface area contributed by atoms with E-state index in [1.54, 1.807) is 0 Å². The molecule has 21 heavy (non-hydrogen) atoms. The molecule has 2 atom stereocenters. The van der Waals surface area contributed by atoms with Gasteiger partial charge in [-0.25, -0.2) is 0 Å². The van der Waals surface area contributed by atoms with Crippen LogP contribution in [-0.4, -0.2) is 8.91 Å². The van der Waals surface area contributed by atoms with Crippen LogP contribution < -0.4 is 0 Å². The van der Waals surface area contributed by atoms with Crippen LogP contribution in [0.1, 0.15) is 19.4 Å². The molecule has 0 bridgehead atoms. The fraction of sp³-hybridized carbons (Fsp3) is 0.263. The van der Waals surface area contributed by atoms with Gasteiger partial charge in [-0.15, -0.1) is 5.92 Å². The Morgan fingerprint density at radius 3 is 2.62 bits per heavy atom. The van der Waals surface area contributed by atoms with Crippen molar-refractivity contribution in [3.05, 3.63) is 48.0 Å². The van der Waals surface area contributed by atoms with Gasteiger partial charge in [0.2, 0.25) is 0 Å². The number of hydrogen-bond donors (Lipinski definition) is 1. The fourth-order valence-electron chi connectivity index (χ4n) is 2.85. The number of alkyl halides is 1. The van der Waals surface area contributed by atoms with Gasteiger partial charge in [-0.1, -0.05) is 71.8 Å². The van der Waals surface area contributed by atoms with E-state index in [0.29, 0.717) is 9.84 Å². The highest BCUT2D eigenvalue weighted by Gasteiger charge is 2.15. The molecule has 1 N–H and O–H groups in total. The summed E-state index contributed by atoms with van der Waals surface area (Å²) in [5.41, 5.74) is 3.83. The average Bonchev–Trinajstić information content (AvgIpc) is 2.86. The van der Waals surface area contributed by atoms with Gasteiger partial charge in [0.15, 0.2) is 0 Å². The van der Waals surface area contributed by atoms with E-state index in [2.05, 4.69) is 88.8 Å². The summed E-state index contributed by atoms with van der Waals surface area (Å²) in [6, 6.07) is 15.1. The lowest BCUT2D eigenvalue weighted by molar-refractivity contribution is 0.682. The zero-order chi connectivity index (χ0) is 14.8. The SMILES string of the molecule is CC#CC(Cc1cccc2c1[nH]c1ccccc12)C(C)I. The lowest BCUT2D eigenvalue weighted by atomic mass is 9.96. The Labute approximate surface area is 139 Å². The maximum absolute atomic E-state index is 3.58. The normalized spacial score (nSPS) is 13.9. The summed E-state index contributed by atoms with van der Waals surface area (Å²) in [7, 11) is 0. The van der Waals surface area contributed by atoms with E-state index >= 15 is 0 Å². The second-order valence-corrected chi connectivity index (χ2v) is 7.36. The Morgan fingerprint density at radius 2 is 1.86 bits per heavy atom. The van der Waals surface area contributed by atoms with Crippen LogP contribution >= 0.6 is 22.6 Å². The topological polar surface area (TPSA) is 15.8 Å². The van der Waals surface area contributed by atoms with E-state index in [0.717, 1.165) is 6.42 Å². The number of nitrogens with one attached hydrogen (secondary N) is 1. The summed E-state index contributed by atoms with van der Waals surface area (Å²) in [5.74, 6) is 6.83. The van der Waals surface area contributed by atoms with Crippen molar-refractivity contribution in [2.75, 3.05) is 0 Å². The molecule has 0 aliphatic rings. The molecule has 0 aliphatic carbocycles. The Balaban J connectivity index is 2.12. The molecule has 2 aromatic carbocycles. The number of rotatable bonds is 3. The van der Waals surface area contributed by atoms with Crippen molar-refractivity contribution in [1.29, 1.82) is 0 Å². The van der Waals surface area contributed by atoms with Crippen LogP contribution in [0.5, 0.6) is 0 Å². The minimum absolute atomic E-state index is 0.396. The van der Waals surface area contributed by atoms with Crippen LogP contribution in [0, 0.1) is 17.8 Å². The molecule has 0 radical (unpaired) electrons. The van der Waals surface area contributed by atoms with E-state index in [-0.39, 0.29) is 0 Å². The molecule has 106 valence electrons. The summed E-state index contributed by atoms with van der Waals surface area (Å²) in [6.07, 6.45) is 0.995. The summed E-state index contributed by atoms with van der Waals surface area (Å²) in [5, 5.41) is 2.61. The first kappa shape index (κ1) is 14.5. The van der Waals surface area contributed by atoms with E-state index in [1.807, 2.05) is 6.92 Å². The smallest absolute Gasteiger partial charge is 0.0497 e. The lowest BCUT2D eigenvalue weighted by Gasteiger charge is -2.14. The first-order chi connectivity index (χ1) is 10.2. The van der Waals surface area contributed by atoms with Gasteiger partial charge in [0, 0.05) is 31.6 Å². The van der Waals surface area contributed by atoms with Crippen LogP contribution in [0.15, 0.2) is 42.5 Å². The lowest BCUT2D eigenvalue weighted by Crippen LogP contribution is -2.12. The van der Waals surface area contributed by atoms with E-state index in [1.165, 1.54) is 27.4 Å². The number of halogens is 1. The molecule has 2 heteroatoms. The Kier molecular flexibility index (Phi) is 4.21. The second-order valence-electron chi connectivity index (χ2n) is 5.39. The number of para-hydroxylation sites is 2. The monoisotopic (exact) mass is 387 g/mol. The Bertz CT molecular complexity index is 833. The van der Waals surface area contributed by atoms with Gasteiger partial charge in [-0.2, -0.15) is 0 Å². The zero-order valence-electron chi connectivity index (χ0n) is 12.3. The maximum atomic E-state index is 3.58. The number of aromatic amines is 1.